The second-order valence-corrected chi connectivity index (χ2v) is 7.47. The van der Waals surface area contributed by atoms with Crippen molar-refractivity contribution in [2.24, 2.45) is 0 Å². The first-order chi connectivity index (χ1) is 13.7. The highest BCUT2D eigenvalue weighted by Crippen LogP contribution is 2.26. The largest absolute Gasteiger partial charge is 0.494 e. The van der Waals surface area contributed by atoms with E-state index in [0.717, 1.165) is 16.6 Å². The summed E-state index contributed by atoms with van der Waals surface area (Å²) in [6.07, 6.45) is 0.549. The molecule has 154 valence electrons. The molecule has 6 nitrogen and oxygen atoms in total. The Labute approximate surface area is 171 Å². The molecule has 1 aromatic carbocycles. The van der Waals surface area contributed by atoms with E-state index >= 15 is 0 Å². The first-order valence-corrected chi connectivity index (χ1v) is 9.90. The molecule has 1 aromatic heterocycles. The van der Waals surface area contributed by atoms with Crippen LogP contribution in [-0.4, -0.2) is 21.6 Å². The third kappa shape index (κ3) is 4.68. The van der Waals surface area contributed by atoms with Crippen LogP contribution in [0.4, 0.5) is 0 Å². The number of aromatic nitrogens is 1. The van der Waals surface area contributed by atoms with E-state index in [9.17, 15) is 20.0 Å². The van der Waals surface area contributed by atoms with E-state index < -0.39 is 23.3 Å². The van der Waals surface area contributed by atoms with Gasteiger partial charge in [0.05, 0.1) is 5.56 Å². The average Bonchev–Trinajstić information content (AvgIpc) is 2.68. The highest BCUT2D eigenvalue weighted by Gasteiger charge is 2.28. The predicted molar refractivity (Wildman–Crippen MR) is 112 cm³/mol. The molecule has 0 aliphatic rings. The molecule has 0 fully saturated rings. The second kappa shape index (κ2) is 9.42. The predicted octanol–water partition coefficient (Wildman–Crippen LogP) is 4.31. The molecule has 1 atom stereocenters. The molecule has 2 aromatic rings. The second-order valence-electron chi connectivity index (χ2n) is 7.47. The van der Waals surface area contributed by atoms with Crippen molar-refractivity contribution >= 4 is 5.78 Å². The Morgan fingerprint density at radius 2 is 1.86 bits per heavy atom. The van der Waals surface area contributed by atoms with Crippen molar-refractivity contribution in [2.45, 2.75) is 66.0 Å². The number of carbonyl (C=O) groups is 1. The lowest BCUT2D eigenvalue weighted by atomic mass is 9.99. The molecule has 0 saturated heterocycles. The maximum absolute atomic E-state index is 13.1. The van der Waals surface area contributed by atoms with E-state index in [2.05, 4.69) is 13.8 Å². The quantitative estimate of drug-likeness (QED) is 0.671. The zero-order valence-corrected chi connectivity index (χ0v) is 17.7. The minimum atomic E-state index is -0.895. The van der Waals surface area contributed by atoms with Gasteiger partial charge in [0, 0.05) is 6.54 Å². The summed E-state index contributed by atoms with van der Waals surface area (Å²) in [7, 11) is 0. The molecule has 0 aliphatic carbocycles. The molecule has 0 aliphatic heterocycles. The molecule has 29 heavy (non-hydrogen) atoms. The van der Waals surface area contributed by atoms with Crippen LogP contribution in [0.5, 0.6) is 11.6 Å². The van der Waals surface area contributed by atoms with Crippen molar-refractivity contribution in [3.63, 3.8) is 0 Å². The topological polar surface area (TPSA) is 92.3 Å². The Bertz CT molecular complexity index is 982. The number of nitrogens with zero attached hydrogens (tertiary/aromatic N) is 2. The maximum atomic E-state index is 13.1. The van der Waals surface area contributed by atoms with Gasteiger partial charge in [-0.2, -0.15) is 5.26 Å². The smallest absolute Gasteiger partial charge is 0.271 e. The fourth-order valence-electron chi connectivity index (χ4n) is 3.16. The number of pyridine rings is 1. The van der Waals surface area contributed by atoms with Crippen LogP contribution in [-0.2, 0) is 6.54 Å². The van der Waals surface area contributed by atoms with Gasteiger partial charge < -0.3 is 9.84 Å². The van der Waals surface area contributed by atoms with Gasteiger partial charge in [-0.3, -0.25) is 14.2 Å². The van der Waals surface area contributed by atoms with Crippen molar-refractivity contribution in [1.29, 1.82) is 5.26 Å². The van der Waals surface area contributed by atoms with E-state index in [4.69, 9.17) is 4.74 Å². The molecular weight excluding hydrogens is 368 g/mol. The van der Waals surface area contributed by atoms with Gasteiger partial charge in [0.1, 0.15) is 17.4 Å². The number of benzene rings is 1. The lowest BCUT2D eigenvalue weighted by molar-refractivity contribution is 0.0812. The van der Waals surface area contributed by atoms with E-state index in [1.54, 1.807) is 19.1 Å². The highest BCUT2D eigenvalue weighted by atomic mass is 16.5. The SMILES string of the molecule is CCCCn1c(O)c(C(=O)C(C)Oc2ccc(C(C)C)cc2)c(C)c(C#N)c1=O. The number of unbranched alkanes of at least 4 members (excludes halogenated alkanes) is 1. The molecular formula is C23H28N2O4. The first kappa shape index (κ1) is 22.2. The molecule has 1 heterocycles. The number of ether oxygens (including phenoxy) is 1. The summed E-state index contributed by atoms with van der Waals surface area (Å²) in [4.78, 5) is 25.6. The molecule has 1 unspecified atom stereocenters. The summed E-state index contributed by atoms with van der Waals surface area (Å²) >= 11 is 0. The molecule has 2 rings (SSSR count). The lowest BCUT2D eigenvalue weighted by Crippen LogP contribution is -2.30. The third-order valence-electron chi connectivity index (χ3n) is 5.01. The Hall–Kier alpha value is -3.07. The molecule has 1 N–H and O–H groups in total. The minimum absolute atomic E-state index is 0.0384. The van der Waals surface area contributed by atoms with Crippen LogP contribution < -0.4 is 10.3 Å². The summed E-state index contributed by atoms with van der Waals surface area (Å²) in [5.74, 6) is 0.0359. The van der Waals surface area contributed by atoms with Gasteiger partial charge in [-0.25, -0.2) is 0 Å². The molecule has 0 bridgehead atoms. The van der Waals surface area contributed by atoms with Crippen LogP contribution in [0.25, 0.3) is 0 Å². The number of hydrogen-bond acceptors (Lipinski definition) is 5. The van der Waals surface area contributed by atoms with Crippen molar-refractivity contribution < 1.29 is 14.6 Å². The fraction of sp³-hybridized carbons (Fsp3) is 0.435. The van der Waals surface area contributed by atoms with Crippen molar-refractivity contribution in [2.75, 3.05) is 0 Å². The van der Waals surface area contributed by atoms with E-state index in [0.29, 0.717) is 18.1 Å². The van der Waals surface area contributed by atoms with E-state index in [1.807, 2.05) is 25.1 Å². The summed E-state index contributed by atoms with van der Waals surface area (Å²) in [5.41, 5.74) is 0.592. The Balaban J connectivity index is 2.40. The number of Topliss-reactive ketones (excluding diaryl/α,β-unsaturated/α-hetero) is 1. The average molecular weight is 396 g/mol. The van der Waals surface area contributed by atoms with Gasteiger partial charge in [0.2, 0.25) is 11.7 Å². The summed E-state index contributed by atoms with van der Waals surface area (Å²) in [6.45, 7) is 9.46. The van der Waals surface area contributed by atoms with E-state index in [-0.39, 0.29) is 23.2 Å². The van der Waals surface area contributed by atoms with Crippen LogP contribution in [0, 0.1) is 18.3 Å². The summed E-state index contributed by atoms with van der Waals surface area (Å²) < 4.78 is 6.87. The summed E-state index contributed by atoms with van der Waals surface area (Å²) in [6, 6.07) is 9.36. The molecule has 0 amide bonds. The van der Waals surface area contributed by atoms with Gasteiger partial charge in [-0.05, 0) is 49.4 Å². The molecule has 0 spiro atoms. The molecule has 6 heteroatoms. The highest BCUT2D eigenvalue weighted by molar-refractivity contribution is 6.03. The van der Waals surface area contributed by atoms with Gasteiger partial charge in [-0.15, -0.1) is 0 Å². The zero-order valence-electron chi connectivity index (χ0n) is 17.7. The zero-order chi connectivity index (χ0) is 21.7. The number of hydrogen-bond donors (Lipinski definition) is 1. The van der Waals surface area contributed by atoms with Crippen LogP contribution >= 0.6 is 0 Å². The van der Waals surface area contributed by atoms with Crippen molar-refractivity contribution in [3.05, 3.63) is 56.9 Å². The Kier molecular flexibility index (Phi) is 7.22. The van der Waals surface area contributed by atoms with Crippen LogP contribution in [0.3, 0.4) is 0 Å². The molecule has 0 radical (unpaired) electrons. The van der Waals surface area contributed by atoms with E-state index in [1.165, 1.54) is 6.92 Å². The van der Waals surface area contributed by atoms with Crippen LogP contribution in [0.1, 0.15) is 73.5 Å². The maximum Gasteiger partial charge on any atom is 0.271 e. The Morgan fingerprint density at radius 3 is 2.38 bits per heavy atom. The number of rotatable bonds is 8. The lowest BCUT2D eigenvalue weighted by Gasteiger charge is -2.19. The normalized spacial score (nSPS) is 11.9. The molecule has 0 saturated carbocycles. The number of aromatic hydroxyl groups is 1. The van der Waals surface area contributed by atoms with Gasteiger partial charge in [0.25, 0.3) is 5.56 Å². The first-order valence-electron chi connectivity index (χ1n) is 9.90. The summed E-state index contributed by atoms with van der Waals surface area (Å²) in [5, 5.41) is 20.1. The van der Waals surface area contributed by atoms with Gasteiger partial charge >= 0.3 is 0 Å². The number of ketones is 1. The standard InChI is InChI=1S/C23H28N2O4/c1-6-7-12-25-22(27)19(13-24)15(4)20(23(25)28)21(26)16(5)29-18-10-8-17(9-11-18)14(2)3/h8-11,14,16,28H,6-7,12H2,1-5H3. The Morgan fingerprint density at radius 1 is 1.24 bits per heavy atom. The van der Waals surface area contributed by atoms with Crippen LogP contribution in [0.2, 0.25) is 0 Å². The monoisotopic (exact) mass is 396 g/mol. The fourth-order valence-corrected chi connectivity index (χ4v) is 3.16. The van der Waals surface area contributed by atoms with Gasteiger partial charge in [-0.1, -0.05) is 39.3 Å². The van der Waals surface area contributed by atoms with Crippen molar-refractivity contribution in [3.8, 4) is 17.7 Å². The third-order valence-corrected chi connectivity index (χ3v) is 5.01. The number of nitriles is 1. The van der Waals surface area contributed by atoms with Gasteiger partial charge in [0.15, 0.2) is 6.10 Å². The number of carbonyl (C=O) groups excluding carboxylic acids is 1. The van der Waals surface area contributed by atoms with Crippen LogP contribution in [0.15, 0.2) is 29.1 Å². The minimum Gasteiger partial charge on any atom is -0.494 e. The van der Waals surface area contributed by atoms with Crippen molar-refractivity contribution in [1.82, 2.24) is 4.57 Å².